The maximum absolute atomic E-state index is 12.7. The fraction of sp³-hybridized carbons (Fsp3) is 0.464. The molecule has 4 atom stereocenters. The van der Waals surface area contributed by atoms with Crippen molar-refractivity contribution in [3.8, 4) is 5.75 Å². The van der Waals surface area contributed by atoms with E-state index < -0.39 is 110 Å². The van der Waals surface area contributed by atoms with E-state index in [9.17, 15) is 58.5 Å². The van der Waals surface area contributed by atoms with E-state index in [1.165, 1.54) is 25.1 Å². The molecule has 5 amide bonds. The number of carboxylic acids is 4. The van der Waals surface area contributed by atoms with Crippen LogP contribution in [0.25, 0.3) is 0 Å². The number of phenolic OH excluding ortho intramolecular Hbond substituents is 1. The molecule has 0 aliphatic carbocycles. The molecule has 270 valence electrons. The number of phenols is 1. The highest BCUT2D eigenvalue weighted by Gasteiger charge is 2.27. The van der Waals surface area contributed by atoms with Gasteiger partial charge >= 0.3 is 23.9 Å². The summed E-state index contributed by atoms with van der Waals surface area (Å²) >= 11 is 0.884. The summed E-state index contributed by atoms with van der Waals surface area (Å²) in [6.07, 6.45) is -2.71. The van der Waals surface area contributed by atoms with E-state index in [1.54, 1.807) is 0 Å². The van der Waals surface area contributed by atoms with Gasteiger partial charge in [0.1, 0.15) is 36.5 Å². The topological polar surface area (TPSA) is 341 Å². The van der Waals surface area contributed by atoms with Crippen LogP contribution in [0.15, 0.2) is 23.1 Å². The highest BCUT2D eigenvalue weighted by atomic mass is 32.2. The van der Waals surface area contributed by atoms with Gasteiger partial charge in [-0.1, -0.05) is 0 Å². The van der Waals surface area contributed by atoms with Crippen LogP contribution >= 0.6 is 11.8 Å². The Morgan fingerprint density at radius 1 is 0.735 bits per heavy atom. The molecular weight excluding hydrogens is 676 g/mol. The SMILES string of the molecule is CC(=O)Nc1ccc(O)c(SC[C@H](NC(=O)CC[C@H](NC(=O)CC[C@H](NC(=O)CC[C@H](N)C(=O)O)C(=O)O)C(=O)O)C(=O)NCC(=O)O)c1. The lowest BCUT2D eigenvalue weighted by Gasteiger charge is -2.20. The molecule has 0 unspecified atom stereocenters. The lowest BCUT2D eigenvalue weighted by molar-refractivity contribution is -0.143. The number of nitrogens with one attached hydrogen (secondary N) is 5. The number of nitrogens with two attached hydrogens (primary N) is 1. The second kappa shape index (κ2) is 20.7. The zero-order valence-corrected chi connectivity index (χ0v) is 26.9. The quantitative estimate of drug-likeness (QED) is 0.0458. The molecule has 1 aromatic carbocycles. The molecule has 1 aromatic rings. The highest BCUT2D eigenvalue weighted by Crippen LogP contribution is 2.31. The van der Waals surface area contributed by atoms with Gasteiger partial charge in [-0.2, -0.15) is 0 Å². The van der Waals surface area contributed by atoms with Gasteiger partial charge in [0.25, 0.3) is 0 Å². The Balaban J connectivity index is 2.81. The summed E-state index contributed by atoms with van der Waals surface area (Å²) < 4.78 is 0. The molecule has 12 N–H and O–H groups in total. The number of carboxylic acid groups (broad SMARTS) is 4. The van der Waals surface area contributed by atoms with Crippen LogP contribution in [0.2, 0.25) is 0 Å². The third-order valence-electron chi connectivity index (χ3n) is 6.34. The van der Waals surface area contributed by atoms with Crippen molar-refractivity contribution >= 4 is 70.9 Å². The number of thioether (sulfide) groups is 1. The van der Waals surface area contributed by atoms with Gasteiger partial charge in [-0.05, 0) is 37.5 Å². The number of aromatic hydroxyl groups is 1. The number of benzene rings is 1. The van der Waals surface area contributed by atoms with Crippen LogP contribution in [0.4, 0.5) is 5.69 Å². The molecule has 0 bridgehead atoms. The molecule has 0 aliphatic rings. The van der Waals surface area contributed by atoms with Crippen molar-refractivity contribution in [2.45, 2.75) is 74.5 Å². The highest BCUT2D eigenvalue weighted by molar-refractivity contribution is 7.99. The lowest BCUT2D eigenvalue weighted by Crippen LogP contribution is -2.49. The zero-order valence-electron chi connectivity index (χ0n) is 26.1. The molecule has 0 aliphatic heterocycles. The first-order valence-electron chi connectivity index (χ1n) is 14.4. The fourth-order valence-electron chi connectivity index (χ4n) is 3.83. The summed E-state index contributed by atoms with van der Waals surface area (Å²) in [7, 11) is 0. The Morgan fingerprint density at radius 3 is 1.67 bits per heavy atom. The van der Waals surface area contributed by atoms with Crippen molar-refractivity contribution in [3.05, 3.63) is 18.2 Å². The van der Waals surface area contributed by atoms with Crippen LogP contribution < -0.4 is 32.3 Å². The van der Waals surface area contributed by atoms with E-state index in [0.29, 0.717) is 5.69 Å². The van der Waals surface area contributed by atoms with Crippen molar-refractivity contribution < 1.29 is 68.7 Å². The summed E-state index contributed by atoms with van der Waals surface area (Å²) in [6, 6.07) is -1.80. The van der Waals surface area contributed by atoms with Crippen LogP contribution in [-0.4, -0.2) is 115 Å². The summed E-state index contributed by atoms with van der Waals surface area (Å²) in [4.78, 5) is 106. The smallest absolute Gasteiger partial charge is 0.326 e. The number of carbonyl (C=O) groups excluding carboxylic acids is 5. The third-order valence-corrected chi connectivity index (χ3v) is 7.48. The Morgan fingerprint density at radius 2 is 1.22 bits per heavy atom. The monoisotopic (exact) mass is 714 g/mol. The maximum Gasteiger partial charge on any atom is 0.326 e. The molecule has 1 rings (SSSR count). The van der Waals surface area contributed by atoms with Crippen LogP contribution in [0.5, 0.6) is 5.75 Å². The minimum absolute atomic E-state index is 0.206. The van der Waals surface area contributed by atoms with Crippen LogP contribution in [0, 0.1) is 0 Å². The van der Waals surface area contributed by atoms with Crippen molar-refractivity contribution in [3.63, 3.8) is 0 Å². The van der Waals surface area contributed by atoms with Gasteiger partial charge in [0, 0.05) is 37.6 Å². The predicted molar refractivity (Wildman–Crippen MR) is 168 cm³/mol. The standard InChI is InChI=1S/C28H38N6O14S/c1-13(35)31-14-2-6-19(36)20(10-14)49-12-18(25(42)30-11-24(40)41)34-23(39)9-5-17(28(47)48)33-22(38)8-4-16(27(45)46)32-21(37)7-3-15(29)26(43)44/h2,6,10,15-18,36H,3-5,7-9,11-12,29H2,1H3,(H,30,42)(H,31,35)(H,32,37)(H,33,38)(H,34,39)(H,40,41)(H,43,44)(H,45,46)(H,47,48)/t15-,16-,17-,18-/m0/s1. The van der Waals surface area contributed by atoms with Gasteiger partial charge in [-0.25, -0.2) is 9.59 Å². The normalized spacial score (nSPS) is 13.0. The summed E-state index contributed by atoms with van der Waals surface area (Å²) in [5.41, 5.74) is 5.63. The Labute approximate surface area is 282 Å². The van der Waals surface area contributed by atoms with E-state index in [1.807, 2.05) is 0 Å². The van der Waals surface area contributed by atoms with E-state index in [-0.39, 0.29) is 28.7 Å². The van der Waals surface area contributed by atoms with Gasteiger partial charge in [0.2, 0.25) is 29.5 Å². The molecular formula is C28H38N6O14S. The Hall–Kier alpha value is -5.44. The summed E-state index contributed by atoms with van der Waals surface area (Å²) in [5, 5.41) is 58.0. The van der Waals surface area contributed by atoms with Gasteiger partial charge in [0.15, 0.2) is 0 Å². The number of amides is 5. The first-order valence-corrected chi connectivity index (χ1v) is 15.4. The molecule has 0 aromatic heterocycles. The molecule has 0 saturated carbocycles. The summed E-state index contributed by atoms with van der Waals surface area (Å²) in [5.74, 6) is -10.1. The van der Waals surface area contributed by atoms with Gasteiger partial charge in [-0.3, -0.25) is 33.6 Å². The number of hydrogen-bond acceptors (Lipinski definition) is 12. The Kier molecular flexibility index (Phi) is 17.6. The molecule has 0 heterocycles. The number of aliphatic carboxylic acids is 4. The van der Waals surface area contributed by atoms with Crippen molar-refractivity contribution in [2.24, 2.45) is 5.73 Å². The Bertz CT molecular complexity index is 1420. The minimum atomic E-state index is -1.63. The van der Waals surface area contributed by atoms with E-state index in [2.05, 4.69) is 26.6 Å². The summed E-state index contributed by atoms with van der Waals surface area (Å²) in [6.45, 7) is 0.486. The first kappa shape index (κ1) is 41.6. The molecule has 49 heavy (non-hydrogen) atoms. The van der Waals surface area contributed by atoms with E-state index in [0.717, 1.165) is 11.8 Å². The van der Waals surface area contributed by atoms with Gasteiger partial charge < -0.3 is 57.9 Å². The van der Waals surface area contributed by atoms with Gasteiger partial charge in [0.05, 0.1) is 4.90 Å². The number of hydrogen-bond donors (Lipinski definition) is 11. The molecule has 0 radical (unpaired) electrons. The first-order chi connectivity index (χ1) is 22.9. The van der Waals surface area contributed by atoms with Crippen LogP contribution in [-0.2, 0) is 43.2 Å². The number of anilines is 1. The maximum atomic E-state index is 12.7. The van der Waals surface area contributed by atoms with E-state index in [4.69, 9.17) is 15.9 Å². The van der Waals surface area contributed by atoms with Crippen LogP contribution in [0.3, 0.4) is 0 Å². The van der Waals surface area contributed by atoms with Gasteiger partial charge in [-0.15, -0.1) is 11.8 Å². The number of rotatable bonds is 22. The second-order valence-corrected chi connectivity index (χ2v) is 11.4. The number of carbonyl (C=O) groups is 9. The largest absolute Gasteiger partial charge is 0.507 e. The van der Waals surface area contributed by atoms with Crippen molar-refractivity contribution in [1.29, 1.82) is 0 Å². The van der Waals surface area contributed by atoms with Crippen molar-refractivity contribution in [2.75, 3.05) is 17.6 Å². The predicted octanol–water partition coefficient (Wildman–Crippen LogP) is -1.98. The molecule has 0 spiro atoms. The average molecular weight is 715 g/mol. The zero-order chi connectivity index (χ0) is 37.3. The molecule has 0 saturated heterocycles. The molecule has 20 nitrogen and oxygen atoms in total. The van der Waals surface area contributed by atoms with Crippen molar-refractivity contribution in [1.82, 2.24) is 21.3 Å². The van der Waals surface area contributed by atoms with E-state index >= 15 is 0 Å². The fourth-order valence-corrected chi connectivity index (χ4v) is 4.84. The lowest BCUT2D eigenvalue weighted by atomic mass is 10.1. The third kappa shape index (κ3) is 16.8. The molecule has 21 heteroatoms. The van der Waals surface area contributed by atoms with Crippen LogP contribution in [0.1, 0.15) is 45.4 Å². The minimum Gasteiger partial charge on any atom is -0.507 e. The average Bonchev–Trinajstić information content (AvgIpc) is 3.01. The second-order valence-electron chi connectivity index (χ2n) is 10.4. The molecule has 0 fully saturated rings.